The second-order valence-electron chi connectivity index (χ2n) is 4.11. The van der Waals surface area contributed by atoms with Gasteiger partial charge in [0.25, 0.3) is 0 Å². The van der Waals surface area contributed by atoms with Crippen molar-refractivity contribution in [1.29, 1.82) is 0 Å². The van der Waals surface area contributed by atoms with Gasteiger partial charge in [0, 0.05) is 13.1 Å². The number of hydrogen-bond donors (Lipinski definition) is 1. The quantitative estimate of drug-likeness (QED) is 0.800. The Bertz CT molecular complexity index is 400. The monoisotopic (exact) mass is 238 g/mol. The largest absolute Gasteiger partial charge is 0.325 e. The molecule has 0 radical (unpaired) electrons. The van der Waals surface area contributed by atoms with Crippen LogP contribution in [0.3, 0.4) is 0 Å². The van der Waals surface area contributed by atoms with Crippen molar-refractivity contribution in [1.82, 2.24) is 4.90 Å². The predicted molar refractivity (Wildman–Crippen MR) is 66.0 cm³/mol. The van der Waals surface area contributed by atoms with E-state index in [-0.39, 0.29) is 6.03 Å². The van der Waals surface area contributed by atoms with Crippen molar-refractivity contribution in [3.05, 3.63) is 28.8 Å². The van der Waals surface area contributed by atoms with E-state index in [1.807, 2.05) is 30.0 Å². The Morgan fingerprint density at radius 2 is 2.06 bits per heavy atom. The lowest BCUT2D eigenvalue weighted by atomic mass is 10.2. The molecule has 1 aliphatic heterocycles. The van der Waals surface area contributed by atoms with Crippen LogP contribution in [0.4, 0.5) is 10.5 Å². The second kappa shape index (κ2) is 4.74. The molecule has 1 fully saturated rings. The van der Waals surface area contributed by atoms with Crippen molar-refractivity contribution in [2.24, 2.45) is 0 Å². The number of anilines is 1. The van der Waals surface area contributed by atoms with Gasteiger partial charge >= 0.3 is 6.03 Å². The highest BCUT2D eigenvalue weighted by Crippen LogP contribution is 2.23. The van der Waals surface area contributed by atoms with Gasteiger partial charge < -0.3 is 10.2 Å². The molecule has 1 aromatic carbocycles. The third-order valence-corrected chi connectivity index (χ3v) is 3.07. The summed E-state index contributed by atoms with van der Waals surface area (Å²) in [7, 11) is 0. The number of halogens is 1. The number of urea groups is 1. The number of rotatable bonds is 1. The van der Waals surface area contributed by atoms with E-state index >= 15 is 0 Å². The lowest BCUT2D eigenvalue weighted by Crippen LogP contribution is -2.32. The number of carbonyl (C=O) groups excluding carboxylic acids is 1. The molecule has 0 bridgehead atoms. The maximum absolute atomic E-state index is 11.8. The molecule has 0 aromatic heterocycles. The number of nitrogens with zero attached hydrogens (tertiary/aromatic N) is 1. The van der Waals surface area contributed by atoms with Gasteiger partial charge in [-0.1, -0.05) is 17.7 Å². The first-order valence-electron chi connectivity index (χ1n) is 5.49. The molecule has 1 aliphatic rings. The fourth-order valence-corrected chi connectivity index (χ4v) is 2.12. The normalized spacial score (nSPS) is 15.2. The summed E-state index contributed by atoms with van der Waals surface area (Å²) >= 11 is 6.05. The van der Waals surface area contributed by atoms with Gasteiger partial charge in [-0.15, -0.1) is 0 Å². The molecule has 1 aromatic rings. The molecule has 1 heterocycles. The highest BCUT2D eigenvalue weighted by Gasteiger charge is 2.18. The first kappa shape index (κ1) is 11.3. The molecule has 1 N–H and O–H groups in total. The van der Waals surface area contributed by atoms with Gasteiger partial charge in [0.1, 0.15) is 0 Å². The lowest BCUT2D eigenvalue weighted by Gasteiger charge is -2.16. The van der Waals surface area contributed by atoms with Crippen LogP contribution >= 0.6 is 11.6 Å². The minimum Gasteiger partial charge on any atom is -0.325 e. The van der Waals surface area contributed by atoms with Gasteiger partial charge in [-0.2, -0.15) is 0 Å². The first-order valence-corrected chi connectivity index (χ1v) is 5.87. The van der Waals surface area contributed by atoms with Gasteiger partial charge in [0.15, 0.2) is 0 Å². The van der Waals surface area contributed by atoms with Gasteiger partial charge in [0.2, 0.25) is 0 Å². The Hall–Kier alpha value is -1.22. The molecule has 0 spiro atoms. The Morgan fingerprint density at radius 1 is 1.38 bits per heavy atom. The SMILES string of the molecule is Cc1ccc(NC(=O)N2CCCC2)c(Cl)c1. The molecule has 3 nitrogen and oxygen atoms in total. The van der Waals surface area contributed by atoms with Crippen molar-refractivity contribution in [2.75, 3.05) is 18.4 Å². The number of hydrogen-bond acceptors (Lipinski definition) is 1. The van der Waals surface area contributed by atoms with E-state index in [1.54, 1.807) is 0 Å². The molecule has 4 heteroatoms. The Labute approximate surface area is 100 Å². The summed E-state index contributed by atoms with van der Waals surface area (Å²) in [5.74, 6) is 0. The highest BCUT2D eigenvalue weighted by molar-refractivity contribution is 6.33. The van der Waals surface area contributed by atoms with E-state index in [0.717, 1.165) is 31.5 Å². The van der Waals surface area contributed by atoms with Gasteiger partial charge in [-0.05, 0) is 37.5 Å². The van der Waals surface area contributed by atoms with E-state index in [1.165, 1.54) is 0 Å². The summed E-state index contributed by atoms with van der Waals surface area (Å²) in [6, 6.07) is 5.57. The van der Waals surface area contributed by atoms with Crippen LogP contribution in [0, 0.1) is 6.92 Å². The summed E-state index contributed by atoms with van der Waals surface area (Å²) in [6.07, 6.45) is 2.18. The molecule has 16 heavy (non-hydrogen) atoms. The van der Waals surface area contributed by atoms with E-state index in [9.17, 15) is 4.79 Å². The molecule has 2 rings (SSSR count). The van der Waals surface area contributed by atoms with Crippen LogP contribution < -0.4 is 5.32 Å². The van der Waals surface area contributed by atoms with Crippen molar-refractivity contribution in [3.8, 4) is 0 Å². The minimum absolute atomic E-state index is 0.0525. The number of aryl methyl sites for hydroxylation is 1. The molecule has 0 unspecified atom stereocenters. The van der Waals surface area contributed by atoms with E-state index < -0.39 is 0 Å². The van der Waals surface area contributed by atoms with Crippen LogP contribution in [0.1, 0.15) is 18.4 Å². The Kier molecular flexibility index (Phi) is 3.34. The summed E-state index contributed by atoms with van der Waals surface area (Å²) in [6.45, 7) is 3.66. The zero-order valence-corrected chi connectivity index (χ0v) is 10.0. The minimum atomic E-state index is -0.0525. The van der Waals surface area contributed by atoms with E-state index in [0.29, 0.717) is 10.7 Å². The fraction of sp³-hybridized carbons (Fsp3) is 0.417. The van der Waals surface area contributed by atoms with Crippen LogP contribution in [-0.2, 0) is 0 Å². The van der Waals surface area contributed by atoms with Gasteiger partial charge in [-0.25, -0.2) is 4.79 Å². The third kappa shape index (κ3) is 2.47. The average Bonchev–Trinajstić information content (AvgIpc) is 2.75. The maximum atomic E-state index is 11.8. The molecule has 0 atom stereocenters. The smallest absolute Gasteiger partial charge is 0.321 e. The number of carbonyl (C=O) groups is 1. The van der Waals surface area contributed by atoms with Gasteiger partial charge in [-0.3, -0.25) is 0 Å². The van der Waals surface area contributed by atoms with Crippen LogP contribution in [0.2, 0.25) is 5.02 Å². The average molecular weight is 239 g/mol. The van der Waals surface area contributed by atoms with Crippen molar-refractivity contribution in [3.63, 3.8) is 0 Å². The fourth-order valence-electron chi connectivity index (χ4n) is 1.84. The van der Waals surface area contributed by atoms with Crippen LogP contribution in [0.25, 0.3) is 0 Å². The van der Waals surface area contributed by atoms with E-state index in [4.69, 9.17) is 11.6 Å². The third-order valence-electron chi connectivity index (χ3n) is 2.76. The van der Waals surface area contributed by atoms with Crippen LogP contribution in [0.5, 0.6) is 0 Å². The molecule has 0 aliphatic carbocycles. The van der Waals surface area contributed by atoms with Crippen LogP contribution in [0.15, 0.2) is 18.2 Å². The molecule has 2 amide bonds. The second-order valence-corrected chi connectivity index (χ2v) is 4.51. The number of benzene rings is 1. The topological polar surface area (TPSA) is 32.3 Å². The van der Waals surface area contributed by atoms with Gasteiger partial charge in [0.05, 0.1) is 10.7 Å². The first-order chi connectivity index (χ1) is 7.66. The molecular weight excluding hydrogens is 224 g/mol. The Balaban J connectivity index is 2.05. The van der Waals surface area contributed by atoms with Crippen molar-refractivity contribution < 1.29 is 4.79 Å². The van der Waals surface area contributed by atoms with Crippen molar-refractivity contribution >= 4 is 23.3 Å². The summed E-state index contributed by atoms with van der Waals surface area (Å²) < 4.78 is 0. The lowest BCUT2D eigenvalue weighted by molar-refractivity contribution is 0.222. The number of amides is 2. The predicted octanol–water partition coefficient (Wildman–Crippen LogP) is 3.28. The zero-order chi connectivity index (χ0) is 11.5. The summed E-state index contributed by atoms with van der Waals surface area (Å²) in [4.78, 5) is 13.6. The molecule has 1 saturated heterocycles. The highest BCUT2D eigenvalue weighted by atomic mass is 35.5. The zero-order valence-electron chi connectivity index (χ0n) is 9.29. The summed E-state index contributed by atoms with van der Waals surface area (Å²) in [5.41, 5.74) is 1.77. The van der Waals surface area contributed by atoms with Crippen LogP contribution in [-0.4, -0.2) is 24.0 Å². The summed E-state index contributed by atoms with van der Waals surface area (Å²) in [5, 5.41) is 3.42. The van der Waals surface area contributed by atoms with E-state index in [2.05, 4.69) is 5.32 Å². The molecular formula is C12H15ClN2O. The molecule has 0 saturated carbocycles. The number of nitrogens with one attached hydrogen (secondary N) is 1. The Morgan fingerprint density at radius 3 is 2.69 bits per heavy atom. The van der Waals surface area contributed by atoms with Crippen molar-refractivity contribution in [2.45, 2.75) is 19.8 Å². The standard InChI is InChI=1S/C12H15ClN2O/c1-9-4-5-11(10(13)8-9)14-12(16)15-6-2-3-7-15/h4-5,8H,2-3,6-7H2,1H3,(H,14,16). The molecule has 86 valence electrons. The maximum Gasteiger partial charge on any atom is 0.321 e. The number of likely N-dealkylation sites (tertiary alicyclic amines) is 1.